The fraction of sp³-hybridized carbons (Fsp3) is 0.536. The molecule has 3 aromatic heterocycles. The lowest BCUT2D eigenvalue weighted by Gasteiger charge is -2.29. The average Bonchev–Trinajstić information content (AvgIpc) is 3.57. The molecule has 2 amide bonds. The molecule has 0 radical (unpaired) electrons. The van der Waals surface area contributed by atoms with Crippen molar-refractivity contribution in [1.82, 2.24) is 34.3 Å². The Morgan fingerprint density at radius 3 is 2.70 bits per heavy atom. The molecule has 1 aliphatic heterocycles. The van der Waals surface area contributed by atoms with Crippen LogP contribution in [0.2, 0.25) is 0 Å². The topological polar surface area (TPSA) is 128 Å². The summed E-state index contributed by atoms with van der Waals surface area (Å²) in [4.78, 5) is 39.7. The number of rotatable bonds is 10. The minimum atomic E-state index is -0.570. The van der Waals surface area contributed by atoms with Gasteiger partial charge in [-0.2, -0.15) is 0 Å². The molecular formula is C28H38N8O4. The van der Waals surface area contributed by atoms with Crippen molar-refractivity contribution >= 4 is 29.0 Å². The Kier molecular flexibility index (Phi) is 9.96. The second-order valence-corrected chi connectivity index (χ2v) is 9.74. The number of hydrogen-bond donors (Lipinski definition) is 2. The molecule has 1 unspecified atom stereocenters. The Hall–Kier alpha value is -4.11. The van der Waals surface area contributed by atoms with Crippen LogP contribution in [0.5, 0.6) is 0 Å². The van der Waals surface area contributed by atoms with E-state index in [1.54, 1.807) is 15.8 Å². The first kappa shape index (κ1) is 28.9. The normalized spacial score (nSPS) is 14.4. The third-order valence-corrected chi connectivity index (χ3v) is 7.02. The van der Waals surface area contributed by atoms with E-state index >= 15 is 0 Å². The minimum Gasteiger partial charge on any atom is -0.453 e. The summed E-state index contributed by atoms with van der Waals surface area (Å²) in [6.07, 6.45) is 5.77. The zero-order chi connectivity index (χ0) is 28.5. The number of carbonyl (C=O) groups is 2. The number of ether oxygens (including phenoxy) is 2. The van der Waals surface area contributed by atoms with Crippen LogP contribution in [0.25, 0.3) is 11.2 Å². The van der Waals surface area contributed by atoms with E-state index in [4.69, 9.17) is 14.5 Å². The maximum absolute atomic E-state index is 12.3. The molecule has 1 fully saturated rings. The highest BCUT2D eigenvalue weighted by atomic mass is 16.5. The van der Waals surface area contributed by atoms with Gasteiger partial charge in [0, 0.05) is 45.0 Å². The standard InChI is InChI=1S/C28H38N8O4/c1-5-22(27(37)29-6-2)40-19-36-18-31-24-25(30-17-21-10-8-14-34(21)3)32-23(33-26(24)36)11-7-9-20-12-15-35(16-13-20)28(38)39-4/h8,10,14,18,20,22H,5-6,9,12-13,15-17,19H2,1-4H3,(H,29,37)(H,30,32,33). The van der Waals surface area contributed by atoms with E-state index < -0.39 is 6.10 Å². The average molecular weight is 551 g/mol. The van der Waals surface area contributed by atoms with Gasteiger partial charge < -0.3 is 29.6 Å². The molecule has 1 aliphatic rings. The van der Waals surface area contributed by atoms with Crippen LogP contribution in [0.15, 0.2) is 24.7 Å². The molecule has 1 saturated heterocycles. The number of hydrogen-bond acceptors (Lipinski definition) is 8. The molecule has 12 heteroatoms. The van der Waals surface area contributed by atoms with Gasteiger partial charge in [-0.05, 0) is 50.2 Å². The lowest BCUT2D eigenvalue weighted by atomic mass is 9.94. The minimum absolute atomic E-state index is 0.117. The van der Waals surface area contributed by atoms with Crippen molar-refractivity contribution in [1.29, 1.82) is 0 Å². The number of nitrogens with one attached hydrogen (secondary N) is 2. The molecule has 214 valence electrons. The van der Waals surface area contributed by atoms with E-state index in [9.17, 15) is 9.59 Å². The summed E-state index contributed by atoms with van der Waals surface area (Å²) in [7, 11) is 3.40. The molecule has 0 spiro atoms. The highest BCUT2D eigenvalue weighted by molar-refractivity contribution is 5.83. The number of methoxy groups -OCH3 is 1. The summed E-state index contributed by atoms with van der Waals surface area (Å²) in [5, 5.41) is 6.19. The molecule has 4 rings (SSSR count). The first-order valence-electron chi connectivity index (χ1n) is 13.7. The Morgan fingerprint density at radius 1 is 1.23 bits per heavy atom. The van der Waals surface area contributed by atoms with Crippen LogP contribution in [0.4, 0.5) is 10.6 Å². The van der Waals surface area contributed by atoms with Gasteiger partial charge >= 0.3 is 6.09 Å². The Balaban J connectivity index is 1.52. The first-order chi connectivity index (χ1) is 19.4. The molecule has 3 aromatic rings. The van der Waals surface area contributed by atoms with Gasteiger partial charge in [0.15, 0.2) is 17.0 Å². The molecule has 12 nitrogen and oxygen atoms in total. The van der Waals surface area contributed by atoms with Gasteiger partial charge in [0.05, 0.1) is 20.0 Å². The number of carbonyl (C=O) groups excluding carboxylic acids is 2. The van der Waals surface area contributed by atoms with Gasteiger partial charge in [0.1, 0.15) is 12.8 Å². The van der Waals surface area contributed by atoms with Gasteiger partial charge in [-0.15, -0.1) is 0 Å². The zero-order valence-electron chi connectivity index (χ0n) is 23.6. The summed E-state index contributed by atoms with van der Waals surface area (Å²) < 4.78 is 14.5. The first-order valence-corrected chi connectivity index (χ1v) is 13.7. The molecule has 1 atom stereocenters. The third kappa shape index (κ3) is 7.09. The van der Waals surface area contributed by atoms with Crippen LogP contribution in [0, 0.1) is 17.8 Å². The van der Waals surface area contributed by atoms with Gasteiger partial charge in [-0.25, -0.2) is 19.7 Å². The van der Waals surface area contributed by atoms with Crippen molar-refractivity contribution in [2.24, 2.45) is 13.0 Å². The Labute approximate surface area is 234 Å². The highest BCUT2D eigenvalue weighted by Gasteiger charge is 2.23. The summed E-state index contributed by atoms with van der Waals surface area (Å²) in [6, 6.07) is 4.03. The zero-order valence-corrected chi connectivity index (χ0v) is 23.6. The molecule has 0 saturated carbocycles. The number of likely N-dealkylation sites (tertiary alicyclic amines) is 1. The SMILES string of the molecule is CCNC(=O)C(CC)OCn1cnc2c(NCc3cccn3C)nc(C#CCC3CCN(C(=O)OC)CC3)nc21. The molecule has 40 heavy (non-hydrogen) atoms. The van der Waals surface area contributed by atoms with Crippen LogP contribution in [0.3, 0.4) is 0 Å². The predicted molar refractivity (Wildman–Crippen MR) is 150 cm³/mol. The number of aromatic nitrogens is 5. The predicted octanol–water partition coefficient (Wildman–Crippen LogP) is 2.89. The van der Waals surface area contributed by atoms with E-state index in [-0.39, 0.29) is 18.7 Å². The van der Waals surface area contributed by atoms with E-state index in [1.807, 2.05) is 43.8 Å². The number of aryl methyl sites for hydroxylation is 1. The van der Waals surface area contributed by atoms with Crippen molar-refractivity contribution in [2.75, 3.05) is 32.1 Å². The maximum atomic E-state index is 12.3. The molecule has 2 N–H and O–H groups in total. The summed E-state index contributed by atoms with van der Waals surface area (Å²) >= 11 is 0. The summed E-state index contributed by atoms with van der Waals surface area (Å²) in [5.74, 6) is 7.59. The lowest BCUT2D eigenvalue weighted by molar-refractivity contribution is -0.135. The Morgan fingerprint density at radius 2 is 2.02 bits per heavy atom. The fourth-order valence-electron chi connectivity index (χ4n) is 4.63. The Bertz CT molecular complexity index is 1360. The van der Waals surface area contributed by atoms with Gasteiger partial charge in [0.2, 0.25) is 11.7 Å². The number of anilines is 1. The highest BCUT2D eigenvalue weighted by Crippen LogP contribution is 2.22. The summed E-state index contributed by atoms with van der Waals surface area (Å²) in [6.45, 7) is 6.34. The van der Waals surface area contributed by atoms with Crippen molar-refractivity contribution < 1.29 is 19.1 Å². The second kappa shape index (κ2) is 13.8. The second-order valence-electron chi connectivity index (χ2n) is 9.74. The molecular weight excluding hydrogens is 512 g/mol. The number of fused-ring (bicyclic) bond motifs is 1. The molecule has 0 aliphatic carbocycles. The van der Waals surface area contributed by atoms with Crippen LogP contribution in [-0.4, -0.2) is 73.8 Å². The van der Waals surface area contributed by atoms with Crippen LogP contribution in [-0.2, 0) is 34.6 Å². The fourth-order valence-corrected chi connectivity index (χ4v) is 4.63. The van der Waals surface area contributed by atoms with Crippen LogP contribution >= 0.6 is 0 Å². The van der Waals surface area contributed by atoms with Crippen molar-refractivity contribution in [3.05, 3.63) is 36.2 Å². The van der Waals surface area contributed by atoms with Crippen molar-refractivity contribution in [2.45, 2.75) is 58.9 Å². The van der Waals surface area contributed by atoms with Crippen molar-refractivity contribution in [3.63, 3.8) is 0 Å². The number of imidazole rings is 1. The molecule has 4 heterocycles. The third-order valence-electron chi connectivity index (χ3n) is 7.02. The number of piperidine rings is 1. The van der Waals surface area contributed by atoms with E-state index in [1.165, 1.54) is 7.11 Å². The van der Waals surface area contributed by atoms with E-state index in [0.29, 0.717) is 67.7 Å². The van der Waals surface area contributed by atoms with Crippen LogP contribution in [0.1, 0.15) is 51.0 Å². The van der Waals surface area contributed by atoms with E-state index in [0.717, 1.165) is 18.5 Å². The largest absolute Gasteiger partial charge is 0.453 e. The smallest absolute Gasteiger partial charge is 0.409 e. The number of likely N-dealkylation sites (N-methyl/N-ethyl adjacent to an activating group) is 1. The summed E-state index contributed by atoms with van der Waals surface area (Å²) in [5.41, 5.74) is 2.27. The van der Waals surface area contributed by atoms with Crippen molar-refractivity contribution in [3.8, 4) is 11.8 Å². The quantitative estimate of drug-likeness (QED) is 0.369. The molecule has 0 aromatic carbocycles. The van der Waals surface area contributed by atoms with E-state index in [2.05, 4.69) is 32.4 Å². The molecule has 0 bridgehead atoms. The maximum Gasteiger partial charge on any atom is 0.409 e. The van der Waals surface area contributed by atoms with Crippen LogP contribution < -0.4 is 10.6 Å². The lowest BCUT2D eigenvalue weighted by Crippen LogP contribution is -2.38. The van der Waals surface area contributed by atoms with Gasteiger partial charge in [-0.1, -0.05) is 12.8 Å². The monoisotopic (exact) mass is 550 g/mol. The number of nitrogens with zero attached hydrogens (tertiary/aromatic N) is 6. The van der Waals surface area contributed by atoms with Gasteiger partial charge in [-0.3, -0.25) is 9.36 Å². The van der Waals surface area contributed by atoms with Gasteiger partial charge in [0.25, 0.3) is 0 Å². The number of amides is 2.